The highest BCUT2D eigenvalue weighted by Crippen LogP contribution is 2.27. The van der Waals surface area contributed by atoms with Gasteiger partial charge in [-0.1, -0.05) is 13.0 Å². The minimum Gasteiger partial charge on any atom is -0.491 e. The van der Waals surface area contributed by atoms with Gasteiger partial charge in [0.1, 0.15) is 11.5 Å². The Kier molecular flexibility index (Phi) is 4.91. The molecular weight excluding hydrogens is 306 g/mol. The highest BCUT2D eigenvalue weighted by Gasteiger charge is 2.07. The molecule has 0 saturated carbocycles. The summed E-state index contributed by atoms with van der Waals surface area (Å²) in [5.41, 5.74) is 2.18. The standard InChI is InChI=1S/C15H18BrNO2/c1-3-7-18-14-9-11(2)4-5-13(14)17-10-15-12(16)6-8-19-15/h4-6,8-9,17H,3,7,10H2,1-2H3. The van der Waals surface area contributed by atoms with Crippen molar-refractivity contribution in [3.8, 4) is 5.75 Å². The van der Waals surface area contributed by atoms with Crippen LogP contribution >= 0.6 is 15.9 Å². The Bertz CT molecular complexity index is 537. The van der Waals surface area contributed by atoms with Crippen LogP contribution in [0.1, 0.15) is 24.7 Å². The van der Waals surface area contributed by atoms with Gasteiger partial charge in [-0.05, 0) is 53.0 Å². The summed E-state index contributed by atoms with van der Waals surface area (Å²) in [4.78, 5) is 0. The van der Waals surface area contributed by atoms with Crippen LogP contribution in [0.25, 0.3) is 0 Å². The van der Waals surface area contributed by atoms with Crippen molar-refractivity contribution in [1.29, 1.82) is 0 Å². The molecule has 0 atom stereocenters. The number of nitrogens with one attached hydrogen (secondary N) is 1. The second-order valence-electron chi connectivity index (χ2n) is 4.39. The Morgan fingerprint density at radius 3 is 2.84 bits per heavy atom. The fourth-order valence-electron chi connectivity index (χ4n) is 1.73. The molecule has 0 unspecified atom stereocenters. The van der Waals surface area contributed by atoms with E-state index in [0.29, 0.717) is 6.54 Å². The molecule has 0 aliphatic heterocycles. The molecule has 2 rings (SSSR count). The third kappa shape index (κ3) is 3.77. The lowest BCUT2D eigenvalue weighted by Crippen LogP contribution is -2.03. The summed E-state index contributed by atoms with van der Waals surface area (Å²) < 4.78 is 12.1. The molecule has 102 valence electrons. The lowest BCUT2D eigenvalue weighted by molar-refractivity contribution is 0.318. The van der Waals surface area contributed by atoms with Crippen molar-refractivity contribution in [2.75, 3.05) is 11.9 Å². The van der Waals surface area contributed by atoms with Gasteiger partial charge in [0.05, 0.1) is 29.6 Å². The first-order valence-corrected chi connectivity index (χ1v) is 7.19. The number of hydrogen-bond acceptors (Lipinski definition) is 3. The van der Waals surface area contributed by atoms with Crippen LogP contribution in [-0.4, -0.2) is 6.61 Å². The molecule has 0 spiro atoms. The van der Waals surface area contributed by atoms with Crippen molar-refractivity contribution in [3.63, 3.8) is 0 Å². The van der Waals surface area contributed by atoms with E-state index < -0.39 is 0 Å². The summed E-state index contributed by atoms with van der Waals surface area (Å²) in [7, 11) is 0. The van der Waals surface area contributed by atoms with Crippen molar-refractivity contribution < 1.29 is 9.15 Å². The summed E-state index contributed by atoms with van der Waals surface area (Å²) in [5, 5.41) is 3.34. The smallest absolute Gasteiger partial charge is 0.142 e. The molecule has 0 aliphatic rings. The molecule has 1 heterocycles. The summed E-state index contributed by atoms with van der Waals surface area (Å²) in [6.45, 7) is 5.51. The van der Waals surface area contributed by atoms with E-state index in [2.05, 4.69) is 47.2 Å². The number of halogens is 1. The SMILES string of the molecule is CCCOc1cc(C)ccc1NCc1occc1Br. The van der Waals surface area contributed by atoms with E-state index >= 15 is 0 Å². The number of aryl methyl sites for hydroxylation is 1. The monoisotopic (exact) mass is 323 g/mol. The van der Waals surface area contributed by atoms with E-state index in [-0.39, 0.29) is 0 Å². The van der Waals surface area contributed by atoms with Gasteiger partial charge in [-0.25, -0.2) is 0 Å². The summed E-state index contributed by atoms with van der Waals surface area (Å²) >= 11 is 3.45. The largest absolute Gasteiger partial charge is 0.491 e. The van der Waals surface area contributed by atoms with E-state index in [1.165, 1.54) is 5.56 Å². The molecule has 0 aliphatic carbocycles. The number of furan rings is 1. The number of hydrogen-bond donors (Lipinski definition) is 1. The maximum Gasteiger partial charge on any atom is 0.142 e. The van der Waals surface area contributed by atoms with E-state index in [9.17, 15) is 0 Å². The molecular formula is C15H18BrNO2. The molecule has 1 aromatic carbocycles. The van der Waals surface area contributed by atoms with Crippen LogP contribution in [-0.2, 0) is 6.54 Å². The first-order valence-electron chi connectivity index (χ1n) is 6.40. The van der Waals surface area contributed by atoms with Gasteiger partial charge in [-0.2, -0.15) is 0 Å². The van der Waals surface area contributed by atoms with Crippen LogP contribution in [0.15, 0.2) is 39.4 Å². The van der Waals surface area contributed by atoms with Gasteiger partial charge < -0.3 is 14.5 Å². The molecule has 0 fully saturated rings. The molecule has 0 radical (unpaired) electrons. The highest BCUT2D eigenvalue weighted by atomic mass is 79.9. The Balaban J connectivity index is 2.08. The zero-order valence-corrected chi connectivity index (χ0v) is 12.8. The van der Waals surface area contributed by atoms with Gasteiger partial charge >= 0.3 is 0 Å². The van der Waals surface area contributed by atoms with Gasteiger partial charge in [-0.3, -0.25) is 0 Å². The Hall–Kier alpha value is -1.42. The number of anilines is 1. The van der Waals surface area contributed by atoms with Crippen molar-refractivity contribution in [3.05, 3.63) is 46.3 Å². The highest BCUT2D eigenvalue weighted by molar-refractivity contribution is 9.10. The maximum absolute atomic E-state index is 5.76. The average molecular weight is 324 g/mol. The summed E-state index contributed by atoms with van der Waals surface area (Å²) in [5.74, 6) is 1.77. The van der Waals surface area contributed by atoms with Crippen LogP contribution < -0.4 is 10.1 Å². The normalized spacial score (nSPS) is 10.5. The third-order valence-electron chi connectivity index (χ3n) is 2.73. The second kappa shape index (κ2) is 6.66. The maximum atomic E-state index is 5.76. The summed E-state index contributed by atoms with van der Waals surface area (Å²) in [6.07, 6.45) is 2.67. The molecule has 0 saturated heterocycles. The minimum atomic E-state index is 0.624. The Labute approximate surface area is 122 Å². The van der Waals surface area contributed by atoms with Gasteiger partial charge in [-0.15, -0.1) is 0 Å². The molecule has 0 bridgehead atoms. The van der Waals surface area contributed by atoms with E-state index in [4.69, 9.17) is 9.15 Å². The number of ether oxygens (including phenoxy) is 1. The van der Waals surface area contributed by atoms with Crippen LogP contribution in [0.2, 0.25) is 0 Å². The minimum absolute atomic E-state index is 0.624. The predicted molar refractivity (Wildman–Crippen MR) is 80.7 cm³/mol. The molecule has 0 amide bonds. The molecule has 2 aromatic rings. The van der Waals surface area contributed by atoms with E-state index in [0.717, 1.165) is 34.7 Å². The fraction of sp³-hybridized carbons (Fsp3) is 0.333. The van der Waals surface area contributed by atoms with Gasteiger partial charge in [0, 0.05) is 0 Å². The van der Waals surface area contributed by atoms with Gasteiger partial charge in [0.15, 0.2) is 0 Å². The average Bonchev–Trinajstić information content (AvgIpc) is 2.81. The molecule has 19 heavy (non-hydrogen) atoms. The summed E-state index contributed by atoms with van der Waals surface area (Å²) in [6, 6.07) is 8.05. The third-order valence-corrected chi connectivity index (χ3v) is 3.44. The van der Waals surface area contributed by atoms with Crippen LogP contribution in [0.3, 0.4) is 0 Å². The van der Waals surface area contributed by atoms with Crippen LogP contribution in [0.4, 0.5) is 5.69 Å². The molecule has 1 aromatic heterocycles. The molecule has 1 N–H and O–H groups in total. The van der Waals surface area contributed by atoms with Crippen molar-refractivity contribution in [2.24, 2.45) is 0 Å². The first-order chi connectivity index (χ1) is 9.20. The van der Waals surface area contributed by atoms with Crippen LogP contribution in [0.5, 0.6) is 5.75 Å². The van der Waals surface area contributed by atoms with E-state index in [1.807, 2.05) is 12.1 Å². The first kappa shape index (κ1) is 14.0. The van der Waals surface area contributed by atoms with Crippen molar-refractivity contribution >= 4 is 21.6 Å². The molecule has 3 nitrogen and oxygen atoms in total. The van der Waals surface area contributed by atoms with E-state index in [1.54, 1.807) is 6.26 Å². The Morgan fingerprint density at radius 1 is 1.32 bits per heavy atom. The van der Waals surface area contributed by atoms with Crippen molar-refractivity contribution in [1.82, 2.24) is 0 Å². The zero-order valence-electron chi connectivity index (χ0n) is 11.2. The van der Waals surface area contributed by atoms with Crippen molar-refractivity contribution in [2.45, 2.75) is 26.8 Å². The van der Waals surface area contributed by atoms with Gasteiger partial charge in [0.25, 0.3) is 0 Å². The zero-order chi connectivity index (χ0) is 13.7. The van der Waals surface area contributed by atoms with Crippen LogP contribution in [0, 0.1) is 6.92 Å². The predicted octanol–water partition coefficient (Wildman–Crippen LogP) is 4.75. The number of rotatable bonds is 6. The second-order valence-corrected chi connectivity index (χ2v) is 5.25. The molecule has 4 heteroatoms. The lowest BCUT2D eigenvalue weighted by Gasteiger charge is -2.13. The number of benzene rings is 1. The van der Waals surface area contributed by atoms with Gasteiger partial charge in [0.2, 0.25) is 0 Å². The Morgan fingerprint density at radius 2 is 2.16 bits per heavy atom. The topological polar surface area (TPSA) is 34.4 Å². The lowest BCUT2D eigenvalue weighted by atomic mass is 10.2. The fourth-order valence-corrected chi connectivity index (χ4v) is 2.08. The quantitative estimate of drug-likeness (QED) is 0.832.